The number of nitrogens with one attached hydrogen (secondary N) is 1. The number of hydrogen-bond acceptors (Lipinski definition) is 4. The Bertz CT molecular complexity index is 493. The Kier molecular flexibility index (Phi) is 11.3. The molecular weight excluding hydrogens is 328 g/mol. The van der Waals surface area contributed by atoms with Crippen molar-refractivity contribution >= 4 is 18.3 Å². The minimum Gasteiger partial charge on any atom is -0.493 e. The van der Waals surface area contributed by atoms with Gasteiger partial charge < -0.3 is 19.7 Å². The molecule has 5 nitrogen and oxygen atoms in total. The van der Waals surface area contributed by atoms with E-state index >= 15 is 0 Å². The van der Waals surface area contributed by atoms with Crippen LogP contribution in [0.4, 0.5) is 0 Å². The Morgan fingerprint density at radius 3 is 2.42 bits per heavy atom. The largest absolute Gasteiger partial charge is 0.493 e. The Labute approximate surface area is 152 Å². The predicted molar refractivity (Wildman–Crippen MR) is 101 cm³/mol. The number of rotatable bonds is 10. The predicted octanol–water partition coefficient (Wildman–Crippen LogP) is 3.37. The molecule has 0 heterocycles. The molecule has 1 amide bonds. The van der Waals surface area contributed by atoms with Crippen LogP contribution >= 0.6 is 12.4 Å². The zero-order valence-electron chi connectivity index (χ0n) is 15.4. The van der Waals surface area contributed by atoms with Gasteiger partial charge in [-0.05, 0) is 51.5 Å². The molecular formula is C18H31ClN2O3. The zero-order valence-corrected chi connectivity index (χ0v) is 16.2. The van der Waals surface area contributed by atoms with Crippen molar-refractivity contribution in [1.82, 2.24) is 10.2 Å². The average Bonchev–Trinajstić information content (AvgIpc) is 2.57. The normalized spacial score (nSPS) is 11.6. The van der Waals surface area contributed by atoms with E-state index in [9.17, 15) is 4.79 Å². The van der Waals surface area contributed by atoms with Gasteiger partial charge in [0.25, 0.3) is 5.91 Å². The lowest BCUT2D eigenvalue weighted by atomic mass is 10.1. The summed E-state index contributed by atoms with van der Waals surface area (Å²) in [4.78, 5) is 14.8. The number of halogens is 1. The Morgan fingerprint density at radius 2 is 1.88 bits per heavy atom. The summed E-state index contributed by atoms with van der Waals surface area (Å²) in [6.07, 6.45) is 2.02. The van der Waals surface area contributed by atoms with E-state index in [2.05, 4.69) is 24.1 Å². The first-order valence-electron chi connectivity index (χ1n) is 8.31. The summed E-state index contributed by atoms with van der Waals surface area (Å²) in [6.45, 7) is 9.58. The number of hydrogen-bond donors (Lipinski definition) is 1. The number of para-hydroxylation sites is 1. The van der Waals surface area contributed by atoms with Gasteiger partial charge in [0.05, 0.1) is 19.8 Å². The van der Waals surface area contributed by atoms with Crippen molar-refractivity contribution in [3.8, 4) is 11.5 Å². The van der Waals surface area contributed by atoms with Gasteiger partial charge in [-0.1, -0.05) is 19.9 Å². The van der Waals surface area contributed by atoms with Gasteiger partial charge >= 0.3 is 0 Å². The third kappa shape index (κ3) is 6.57. The summed E-state index contributed by atoms with van der Waals surface area (Å²) in [5.41, 5.74) is 0.502. The zero-order chi connectivity index (χ0) is 17.2. The standard InChI is InChI=1S/C18H30N2O3.ClH/c1-6-20(7-2)13-9-10-14(3)19-18(21)15-11-8-12-16(22-4)17(15)23-5;/h8,11-12,14H,6-7,9-10,13H2,1-5H3,(H,19,21);1H. The molecule has 0 aliphatic heterocycles. The molecule has 138 valence electrons. The number of amides is 1. The van der Waals surface area contributed by atoms with E-state index in [0.717, 1.165) is 32.5 Å². The first kappa shape index (κ1) is 22.5. The van der Waals surface area contributed by atoms with Crippen molar-refractivity contribution in [2.45, 2.75) is 39.7 Å². The van der Waals surface area contributed by atoms with Crippen LogP contribution in [0.2, 0.25) is 0 Å². The van der Waals surface area contributed by atoms with E-state index in [1.54, 1.807) is 32.4 Å². The average molecular weight is 359 g/mol. The molecule has 1 aromatic carbocycles. The molecule has 1 N–H and O–H groups in total. The third-order valence-corrected chi connectivity index (χ3v) is 4.03. The molecule has 0 saturated carbocycles. The van der Waals surface area contributed by atoms with Crippen LogP contribution in [0, 0.1) is 0 Å². The van der Waals surface area contributed by atoms with Crippen molar-refractivity contribution in [3.63, 3.8) is 0 Å². The van der Waals surface area contributed by atoms with Gasteiger partial charge in [-0.3, -0.25) is 4.79 Å². The summed E-state index contributed by atoms with van der Waals surface area (Å²) in [5, 5.41) is 3.04. The van der Waals surface area contributed by atoms with Crippen molar-refractivity contribution in [1.29, 1.82) is 0 Å². The van der Waals surface area contributed by atoms with Crippen LogP contribution < -0.4 is 14.8 Å². The number of carbonyl (C=O) groups excluding carboxylic acids is 1. The number of ether oxygens (including phenoxy) is 2. The van der Waals surface area contributed by atoms with E-state index in [-0.39, 0.29) is 24.4 Å². The molecule has 1 atom stereocenters. The fourth-order valence-electron chi connectivity index (χ4n) is 2.60. The fraction of sp³-hybridized carbons (Fsp3) is 0.611. The van der Waals surface area contributed by atoms with E-state index in [4.69, 9.17) is 9.47 Å². The number of methoxy groups -OCH3 is 2. The van der Waals surface area contributed by atoms with Crippen LogP contribution in [0.3, 0.4) is 0 Å². The maximum atomic E-state index is 12.5. The van der Waals surface area contributed by atoms with Crippen molar-refractivity contribution in [2.24, 2.45) is 0 Å². The van der Waals surface area contributed by atoms with Gasteiger partial charge in [-0.15, -0.1) is 12.4 Å². The molecule has 24 heavy (non-hydrogen) atoms. The first-order valence-corrected chi connectivity index (χ1v) is 8.31. The minimum atomic E-state index is -0.129. The van der Waals surface area contributed by atoms with Crippen molar-refractivity contribution in [2.75, 3.05) is 33.9 Å². The summed E-state index contributed by atoms with van der Waals surface area (Å²) in [7, 11) is 3.11. The van der Waals surface area contributed by atoms with Crippen molar-refractivity contribution < 1.29 is 14.3 Å². The molecule has 1 unspecified atom stereocenters. The van der Waals surface area contributed by atoms with Gasteiger partial charge in [0.15, 0.2) is 11.5 Å². The maximum absolute atomic E-state index is 12.5. The van der Waals surface area contributed by atoms with Gasteiger partial charge in [-0.2, -0.15) is 0 Å². The molecule has 0 saturated heterocycles. The van der Waals surface area contributed by atoms with E-state index in [1.165, 1.54) is 0 Å². The smallest absolute Gasteiger partial charge is 0.255 e. The van der Waals surface area contributed by atoms with Gasteiger partial charge in [-0.25, -0.2) is 0 Å². The molecule has 0 radical (unpaired) electrons. The second-order valence-corrected chi connectivity index (χ2v) is 5.58. The van der Waals surface area contributed by atoms with Crippen LogP contribution in [-0.2, 0) is 0 Å². The number of benzene rings is 1. The molecule has 0 fully saturated rings. The van der Waals surface area contributed by atoms with E-state index < -0.39 is 0 Å². The molecule has 1 aromatic rings. The summed E-state index contributed by atoms with van der Waals surface area (Å²) in [5.74, 6) is 0.910. The highest BCUT2D eigenvalue weighted by atomic mass is 35.5. The fourth-order valence-corrected chi connectivity index (χ4v) is 2.60. The number of nitrogens with zero attached hydrogens (tertiary/aromatic N) is 1. The van der Waals surface area contributed by atoms with Crippen LogP contribution in [0.5, 0.6) is 11.5 Å². The SMILES string of the molecule is CCN(CC)CCCC(C)NC(=O)c1cccc(OC)c1OC.Cl. The van der Waals surface area contributed by atoms with Gasteiger partial charge in [0.2, 0.25) is 0 Å². The lowest BCUT2D eigenvalue weighted by molar-refractivity contribution is 0.0933. The second kappa shape index (κ2) is 12.0. The molecule has 0 aromatic heterocycles. The molecule has 0 aliphatic carbocycles. The third-order valence-electron chi connectivity index (χ3n) is 4.03. The quantitative estimate of drug-likeness (QED) is 0.696. The topological polar surface area (TPSA) is 50.8 Å². The monoisotopic (exact) mass is 358 g/mol. The van der Waals surface area contributed by atoms with Crippen LogP contribution in [0.1, 0.15) is 44.0 Å². The molecule has 6 heteroatoms. The Hall–Kier alpha value is -1.46. The van der Waals surface area contributed by atoms with Crippen LogP contribution in [0.15, 0.2) is 18.2 Å². The first-order chi connectivity index (χ1) is 11.1. The van der Waals surface area contributed by atoms with Gasteiger partial charge in [0, 0.05) is 6.04 Å². The molecule has 0 aliphatic rings. The highest BCUT2D eigenvalue weighted by Crippen LogP contribution is 2.30. The minimum absolute atomic E-state index is 0. The lowest BCUT2D eigenvalue weighted by Crippen LogP contribution is -2.34. The lowest BCUT2D eigenvalue weighted by Gasteiger charge is -2.20. The Morgan fingerprint density at radius 1 is 1.21 bits per heavy atom. The van der Waals surface area contributed by atoms with Crippen LogP contribution in [-0.4, -0.2) is 50.7 Å². The molecule has 0 bridgehead atoms. The Balaban J connectivity index is 0.00000529. The van der Waals surface area contributed by atoms with Crippen molar-refractivity contribution in [3.05, 3.63) is 23.8 Å². The summed E-state index contributed by atoms with van der Waals surface area (Å²) in [6, 6.07) is 5.44. The highest BCUT2D eigenvalue weighted by molar-refractivity contribution is 5.98. The summed E-state index contributed by atoms with van der Waals surface area (Å²) < 4.78 is 10.6. The highest BCUT2D eigenvalue weighted by Gasteiger charge is 2.17. The van der Waals surface area contributed by atoms with E-state index in [1.807, 2.05) is 6.92 Å². The second-order valence-electron chi connectivity index (χ2n) is 5.58. The van der Waals surface area contributed by atoms with E-state index in [0.29, 0.717) is 17.1 Å². The maximum Gasteiger partial charge on any atom is 0.255 e. The molecule has 1 rings (SSSR count). The molecule has 0 spiro atoms. The van der Waals surface area contributed by atoms with Gasteiger partial charge in [0.1, 0.15) is 0 Å². The van der Waals surface area contributed by atoms with Crippen LogP contribution in [0.25, 0.3) is 0 Å². The number of carbonyl (C=O) groups is 1. The summed E-state index contributed by atoms with van der Waals surface area (Å²) >= 11 is 0.